The lowest BCUT2D eigenvalue weighted by Crippen LogP contribution is -2.50. The highest BCUT2D eigenvalue weighted by Crippen LogP contribution is 2.57. The number of ether oxygens (including phenoxy) is 4. The smallest absolute Gasteiger partial charge is 0.340 e. The zero-order valence-corrected chi connectivity index (χ0v) is 28.3. The summed E-state index contributed by atoms with van der Waals surface area (Å²) >= 11 is 0. The van der Waals surface area contributed by atoms with Crippen molar-refractivity contribution in [3.8, 4) is 0 Å². The lowest BCUT2D eigenvalue weighted by atomic mass is 9.68. The second kappa shape index (κ2) is 14.9. The summed E-state index contributed by atoms with van der Waals surface area (Å²) in [5.41, 5.74) is 2.53. The first-order valence-electron chi connectivity index (χ1n) is 17.0. The molecule has 252 valence electrons. The monoisotopic (exact) mass is 644 g/mol. The van der Waals surface area contributed by atoms with Gasteiger partial charge >= 0.3 is 17.9 Å². The first-order chi connectivity index (χ1) is 22.6. The Hall–Kier alpha value is -3.85. The van der Waals surface area contributed by atoms with Gasteiger partial charge in [0.25, 0.3) is 0 Å². The minimum Gasteiger partial charge on any atom is -0.465 e. The molecule has 3 heterocycles. The molecule has 1 aliphatic heterocycles. The molecule has 6 atom stereocenters. The normalized spacial score (nSPS) is 29.6. The average molecular weight is 645 g/mol. The van der Waals surface area contributed by atoms with Crippen molar-refractivity contribution in [3.05, 3.63) is 83.0 Å². The highest BCUT2D eigenvalue weighted by Gasteiger charge is 2.61. The molecule has 2 aliphatic carbocycles. The van der Waals surface area contributed by atoms with Gasteiger partial charge in [-0.1, -0.05) is 36.5 Å². The third-order valence-electron chi connectivity index (χ3n) is 10.1. The quantitative estimate of drug-likeness (QED) is 0.0859. The van der Waals surface area contributed by atoms with Crippen molar-refractivity contribution in [1.82, 2.24) is 9.97 Å². The Morgan fingerprint density at radius 2 is 1.66 bits per heavy atom. The van der Waals surface area contributed by atoms with E-state index in [9.17, 15) is 14.4 Å². The fraction of sp³-hybridized carbons (Fsp3) is 0.553. The van der Waals surface area contributed by atoms with E-state index in [4.69, 9.17) is 18.9 Å². The van der Waals surface area contributed by atoms with Gasteiger partial charge in [0, 0.05) is 43.5 Å². The summed E-state index contributed by atoms with van der Waals surface area (Å²) in [4.78, 5) is 48.9. The summed E-state index contributed by atoms with van der Waals surface area (Å²) in [6, 6.07) is 6.76. The van der Waals surface area contributed by atoms with E-state index in [1.165, 1.54) is 12.4 Å². The molecule has 1 saturated heterocycles. The number of esters is 3. The van der Waals surface area contributed by atoms with Crippen molar-refractivity contribution in [2.75, 3.05) is 6.61 Å². The van der Waals surface area contributed by atoms with Crippen LogP contribution in [0.5, 0.6) is 0 Å². The summed E-state index contributed by atoms with van der Waals surface area (Å²) in [5, 5.41) is 0. The molecular formula is C38H48N2O7. The Morgan fingerprint density at radius 3 is 2.28 bits per heavy atom. The fourth-order valence-corrected chi connectivity index (χ4v) is 7.39. The van der Waals surface area contributed by atoms with E-state index in [0.717, 1.165) is 48.8 Å². The number of epoxide rings is 1. The maximum absolute atomic E-state index is 13.7. The molecule has 47 heavy (non-hydrogen) atoms. The number of carbonyl (C=O) groups excluding carboxylic acids is 3. The molecule has 5 rings (SSSR count). The predicted octanol–water partition coefficient (Wildman–Crippen LogP) is 7.37. The molecule has 2 aromatic heterocycles. The fourth-order valence-electron chi connectivity index (χ4n) is 7.39. The number of fused-ring (bicyclic) bond motifs is 2. The molecule has 0 N–H and O–H groups in total. The molecule has 0 spiro atoms. The lowest BCUT2D eigenvalue weighted by Gasteiger charge is -2.43. The van der Waals surface area contributed by atoms with Crippen molar-refractivity contribution in [2.24, 2.45) is 11.3 Å². The predicted molar refractivity (Wildman–Crippen MR) is 176 cm³/mol. The second-order valence-corrected chi connectivity index (χ2v) is 13.8. The van der Waals surface area contributed by atoms with Crippen molar-refractivity contribution >= 4 is 17.9 Å². The molecule has 9 heteroatoms. The maximum atomic E-state index is 13.7. The number of carbonyl (C=O) groups is 3. The Bertz CT molecular complexity index is 1490. The van der Waals surface area contributed by atoms with Gasteiger partial charge in [0.2, 0.25) is 0 Å². The van der Waals surface area contributed by atoms with Crippen LogP contribution in [0.1, 0.15) is 113 Å². The number of pyridine rings is 2. The molecule has 0 unspecified atom stereocenters. The van der Waals surface area contributed by atoms with E-state index >= 15 is 0 Å². The Kier molecular flexibility index (Phi) is 11.0. The number of nitrogens with zero attached hydrogens (tertiary/aromatic N) is 2. The zero-order valence-electron chi connectivity index (χ0n) is 28.3. The van der Waals surface area contributed by atoms with E-state index in [1.54, 1.807) is 36.7 Å². The topological polar surface area (TPSA) is 117 Å². The second-order valence-electron chi connectivity index (χ2n) is 13.8. The van der Waals surface area contributed by atoms with Gasteiger partial charge in [-0.25, -0.2) is 9.59 Å². The van der Waals surface area contributed by atoms with Crippen molar-refractivity contribution in [1.29, 1.82) is 0 Å². The van der Waals surface area contributed by atoms with Crippen LogP contribution < -0.4 is 0 Å². The van der Waals surface area contributed by atoms with Gasteiger partial charge in [0.05, 0.1) is 28.2 Å². The van der Waals surface area contributed by atoms with E-state index < -0.39 is 41.1 Å². The van der Waals surface area contributed by atoms with Gasteiger partial charge in [-0.05, 0) is 90.1 Å². The highest BCUT2D eigenvalue weighted by molar-refractivity contribution is 5.89. The third-order valence-corrected chi connectivity index (χ3v) is 10.1. The van der Waals surface area contributed by atoms with E-state index in [1.807, 2.05) is 13.0 Å². The standard InChI is InChI=1S/C38H48N2O7/c1-6-7-8-13-33(41)44-24-38-17-16-29(25(2)3)34(38)30(45-35(42)27-11-9-18-39-22-27)21-37(5)31(47-37)15-14-26(4)20-32(38)46-36(43)28-12-10-19-40-23-28/h9-12,18-20,22-23,30-32,34H,6-8,13-17,21,24H2,1-5H3/b26-20+/t30-,31+,32-,34+,37-,38-/m0/s1. The van der Waals surface area contributed by atoms with E-state index in [-0.39, 0.29) is 18.7 Å². The van der Waals surface area contributed by atoms with Gasteiger partial charge in [0.15, 0.2) is 0 Å². The Labute approximate surface area is 278 Å². The summed E-state index contributed by atoms with van der Waals surface area (Å²) in [5.74, 6) is -1.71. The molecule has 0 radical (unpaired) electrons. The number of hydrogen-bond acceptors (Lipinski definition) is 9. The molecule has 2 aromatic rings. The molecule has 0 bridgehead atoms. The van der Waals surface area contributed by atoms with Crippen LogP contribution in [0.25, 0.3) is 0 Å². The van der Waals surface area contributed by atoms with Crippen LogP contribution in [0.15, 0.2) is 71.8 Å². The summed E-state index contributed by atoms with van der Waals surface area (Å²) < 4.78 is 25.4. The largest absolute Gasteiger partial charge is 0.465 e. The van der Waals surface area contributed by atoms with E-state index in [0.29, 0.717) is 36.8 Å². The average Bonchev–Trinajstić information content (AvgIpc) is 3.53. The summed E-state index contributed by atoms with van der Waals surface area (Å²) in [7, 11) is 0. The van der Waals surface area contributed by atoms with Crippen LogP contribution in [0.3, 0.4) is 0 Å². The summed E-state index contributed by atoms with van der Waals surface area (Å²) in [6.07, 6.45) is 13.0. The Balaban J connectivity index is 1.63. The van der Waals surface area contributed by atoms with Crippen molar-refractivity contribution < 1.29 is 33.3 Å². The molecule has 1 saturated carbocycles. The van der Waals surface area contributed by atoms with Gasteiger partial charge < -0.3 is 18.9 Å². The van der Waals surface area contributed by atoms with Crippen LogP contribution in [0.2, 0.25) is 0 Å². The number of hydrogen-bond donors (Lipinski definition) is 0. The lowest BCUT2D eigenvalue weighted by molar-refractivity contribution is -0.153. The number of unbranched alkanes of at least 4 members (excludes halogenated alkanes) is 2. The number of aromatic nitrogens is 2. The van der Waals surface area contributed by atoms with Gasteiger partial charge in [-0.3, -0.25) is 14.8 Å². The van der Waals surface area contributed by atoms with Gasteiger partial charge in [-0.15, -0.1) is 0 Å². The van der Waals surface area contributed by atoms with Crippen LogP contribution in [-0.4, -0.2) is 58.4 Å². The molecule has 2 fully saturated rings. The van der Waals surface area contributed by atoms with Crippen LogP contribution >= 0.6 is 0 Å². The zero-order chi connectivity index (χ0) is 33.6. The first-order valence-corrected chi connectivity index (χ1v) is 17.0. The van der Waals surface area contributed by atoms with Gasteiger partial charge in [0.1, 0.15) is 18.8 Å². The van der Waals surface area contributed by atoms with Crippen molar-refractivity contribution in [2.45, 2.75) is 116 Å². The van der Waals surface area contributed by atoms with Crippen LogP contribution in [0, 0.1) is 11.3 Å². The highest BCUT2D eigenvalue weighted by atomic mass is 16.6. The minimum atomic E-state index is -0.920. The summed E-state index contributed by atoms with van der Waals surface area (Å²) in [6.45, 7) is 10.3. The van der Waals surface area contributed by atoms with Gasteiger partial charge in [-0.2, -0.15) is 0 Å². The number of rotatable bonds is 10. The molecule has 0 amide bonds. The first kappa shape index (κ1) is 34.5. The minimum absolute atomic E-state index is 0.00212. The SMILES string of the molecule is CCCCCC(=O)OC[C@]12CCC(=C(C)C)[C@@H]1[C@@H](OC(=O)c1cccnc1)C[C@]1(C)O[C@@H]1CC/C(C)=C/[C@@H]2OC(=O)c1cccnc1. The molecular weight excluding hydrogens is 596 g/mol. The third kappa shape index (κ3) is 8.00. The number of allylic oxidation sites excluding steroid dienone is 2. The maximum Gasteiger partial charge on any atom is 0.340 e. The molecule has 3 aliphatic rings. The van der Waals surface area contributed by atoms with E-state index in [2.05, 4.69) is 37.7 Å². The van der Waals surface area contributed by atoms with Crippen molar-refractivity contribution in [3.63, 3.8) is 0 Å². The molecule has 0 aromatic carbocycles. The van der Waals surface area contributed by atoms with Crippen LogP contribution in [0.4, 0.5) is 0 Å². The Morgan fingerprint density at radius 1 is 0.979 bits per heavy atom. The van der Waals surface area contributed by atoms with Crippen LogP contribution in [-0.2, 0) is 23.7 Å². The molecule has 9 nitrogen and oxygen atoms in total.